The van der Waals surface area contributed by atoms with Gasteiger partial charge in [-0.05, 0) is 95.5 Å². The molecule has 1 amide bonds. The summed E-state index contributed by atoms with van der Waals surface area (Å²) in [5, 5.41) is 34.1. The topological polar surface area (TPSA) is 178 Å². The summed E-state index contributed by atoms with van der Waals surface area (Å²) in [7, 11) is 4.63. The fraction of sp³-hybridized carbons (Fsp3) is 0.814. The predicted molar refractivity (Wildman–Crippen MR) is 208 cm³/mol. The lowest BCUT2D eigenvalue weighted by atomic mass is 9.81. The maximum Gasteiger partial charge on any atom is 0.329 e. The summed E-state index contributed by atoms with van der Waals surface area (Å²) in [6.07, 6.45) is 3.72. The van der Waals surface area contributed by atoms with Crippen molar-refractivity contribution in [1.29, 1.82) is 0 Å². The van der Waals surface area contributed by atoms with Crippen LogP contribution in [0.4, 0.5) is 0 Å². The van der Waals surface area contributed by atoms with Gasteiger partial charge in [0.2, 0.25) is 5.79 Å². The van der Waals surface area contributed by atoms with Gasteiger partial charge in [-0.15, -0.1) is 0 Å². The Kier molecular flexibility index (Phi) is 16.9. The standard InChI is InChI=1S/C43H69NO12/c1-10-30-18-24(2)17-25(3)19-36(53-8)39-37(54-9)21-27(5)43(51,56-39)40(48)41(49)44-16-12-11-13-31(44)42(50)55-38(28(6)33(46)23-34(30)47)26(4)20-29-14-15-32(45)35(22-29)52-7/h18,20,25,27-33,35-39,45-46,51H,10-17,19,21-23H2,1-9H3/b24-18+,26-20+/t25-,27+,28+,29-,30+,31-,32+,33-,35+,36-,37-,38-,39+,43+/m0/s1. The minimum absolute atomic E-state index is 0.000914. The minimum atomic E-state index is -2.50. The average molecular weight is 792 g/mol. The zero-order chi connectivity index (χ0) is 41.5. The number of ether oxygens (including phenoxy) is 5. The summed E-state index contributed by atoms with van der Waals surface area (Å²) >= 11 is 0. The number of hydrogen-bond acceptors (Lipinski definition) is 12. The number of esters is 1. The number of amides is 1. The maximum absolute atomic E-state index is 14.3. The Morgan fingerprint density at radius 1 is 0.911 bits per heavy atom. The smallest absolute Gasteiger partial charge is 0.329 e. The number of carbonyl (C=O) groups excluding carboxylic acids is 4. The number of fused-ring (bicyclic) bond motifs is 3. The second-order valence-corrected chi connectivity index (χ2v) is 17.2. The highest BCUT2D eigenvalue weighted by Gasteiger charge is 2.56. The van der Waals surface area contributed by atoms with Crippen LogP contribution in [0.5, 0.6) is 0 Å². The molecule has 13 nitrogen and oxygen atoms in total. The SMILES string of the molecule is CC[C@@H]1/C=C(\C)C[C@H](C)C[C@H](OC)[C@H]2O[C@@](O)(C(=O)C(=O)N3CCCC[C@H]3C(=O)O[C@@H](/C(C)=C/[C@@H]3CC[C@@H](O)[C@H](OC)C3)[C@H](C)[C@@H](O)CC1=O)[C@H](C)C[C@@H]2OC. The van der Waals surface area contributed by atoms with E-state index in [9.17, 15) is 34.5 Å². The number of nitrogens with zero attached hydrogens (tertiary/aromatic N) is 1. The van der Waals surface area contributed by atoms with Gasteiger partial charge in [0.1, 0.15) is 24.0 Å². The molecule has 1 aliphatic carbocycles. The number of allylic oxidation sites excluding steroid dienone is 3. The lowest BCUT2D eigenvalue weighted by Gasteiger charge is -2.47. The van der Waals surface area contributed by atoms with Crippen molar-refractivity contribution in [2.45, 2.75) is 167 Å². The third-order valence-corrected chi connectivity index (χ3v) is 12.9. The van der Waals surface area contributed by atoms with Gasteiger partial charge in [0.05, 0.1) is 30.5 Å². The third kappa shape index (κ3) is 10.7. The number of rotatable bonds is 6. The van der Waals surface area contributed by atoms with Crippen molar-refractivity contribution in [3.63, 3.8) is 0 Å². The van der Waals surface area contributed by atoms with Gasteiger partial charge < -0.3 is 43.9 Å². The highest BCUT2D eigenvalue weighted by atomic mass is 16.7. The molecule has 3 fully saturated rings. The van der Waals surface area contributed by atoms with E-state index in [1.807, 2.05) is 32.9 Å². The third-order valence-electron chi connectivity index (χ3n) is 12.9. The Balaban J connectivity index is 1.76. The summed E-state index contributed by atoms with van der Waals surface area (Å²) < 4.78 is 29.7. The Hall–Kier alpha value is -2.52. The second kappa shape index (κ2) is 20.4. The lowest BCUT2D eigenvalue weighted by molar-refractivity contribution is -0.302. The largest absolute Gasteiger partial charge is 0.456 e. The van der Waals surface area contributed by atoms with Gasteiger partial charge in [-0.2, -0.15) is 0 Å². The van der Waals surface area contributed by atoms with Crippen LogP contribution in [0.15, 0.2) is 23.3 Å². The molecule has 0 aromatic heterocycles. The normalized spacial score (nSPS) is 41.6. The number of cyclic esters (lactones) is 1. The average Bonchev–Trinajstić information content (AvgIpc) is 3.18. The van der Waals surface area contributed by atoms with E-state index in [1.165, 1.54) is 19.1 Å². The summed E-state index contributed by atoms with van der Waals surface area (Å²) in [6.45, 7) is 11.3. The molecular formula is C43H69NO12. The Morgan fingerprint density at radius 2 is 1.57 bits per heavy atom. The van der Waals surface area contributed by atoms with Crippen molar-refractivity contribution in [3.8, 4) is 0 Å². The van der Waals surface area contributed by atoms with Crippen LogP contribution in [0.1, 0.15) is 112 Å². The summed E-state index contributed by atoms with van der Waals surface area (Å²) in [5.74, 6) is -7.50. The molecule has 2 bridgehead atoms. The molecule has 14 atom stereocenters. The molecule has 0 spiro atoms. The van der Waals surface area contributed by atoms with Gasteiger partial charge in [-0.25, -0.2) is 4.79 Å². The quantitative estimate of drug-likeness (QED) is 0.196. The van der Waals surface area contributed by atoms with Crippen molar-refractivity contribution in [3.05, 3.63) is 23.3 Å². The van der Waals surface area contributed by atoms with E-state index in [-0.39, 0.29) is 49.5 Å². The van der Waals surface area contributed by atoms with Crippen molar-refractivity contribution < 1.29 is 58.2 Å². The molecule has 1 saturated carbocycles. The molecule has 4 aliphatic rings. The number of methoxy groups -OCH3 is 3. The van der Waals surface area contributed by atoms with Gasteiger partial charge in [-0.3, -0.25) is 14.4 Å². The number of ketones is 2. The molecule has 0 unspecified atom stereocenters. The first kappa shape index (κ1) is 46.2. The van der Waals surface area contributed by atoms with Crippen molar-refractivity contribution in [2.75, 3.05) is 27.9 Å². The van der Waals surface area contributed by atoms with Crippen LogP contribution in [0.3, 0.4) is 0 Å². The molecule has 2 saturated heterocycles. The zero-order valence-electron chi connectivity index (χ0n) is 35.1. The van der Waals surface area contributed by atoms with Crippen molar-refractivity contribution in [2.24, 2.45) is 29.6 Å². The molecular weight excluding hydrogens is 722 g/mol. The summed E-state index contributed by atoms with van der Waals surface area (Å²) in [5.41, 5.74) is 1.66. The Morgan fingerprint density at radius 3 is 2.21 bits per heavy atom. The molecule has 3 heterocycles. The zero-order valence-corrected chi connectivity index (χ0v) is 35.1. The molecule has 4 rings (SSSR count). The van der Waals surface area contributed by atoms with E-state index in [0.29, 0.717) is 56.9 Å². The van der Waals surface area contributed by atoms with Crippen LogP contribution in [0, 0.1) is 29.6 Å². The number of hydrogen-bond donors (Lipinski definition) is 3. The number of aliphatic hydroxyl groups excluding tert-OH is 2. The Bertz CT molecular complexity index is 1430. The first-order valence-corrected chi connectivity index (χ1v) is 20.8. The van der Waals surface area contributed by atoms with Crippen molar-refractivity contribution in [1.82, 2.24) is 4.90 Å². The number of carbonyl (C=O) groups is 4. The number of piperidine rings is 1. The van der Waals surface area contributed by atoms with E-state index in [0.717, 1.165) is 5.57 Å². The fourth-order valence-corrected chi connectivity index (χ4v) is 9.39. The number of aliphatic hydroxyl groups is 3. The van der Waals surface area contributed by atoms with E-state index < -0.39 is 83.9 Å². The first-order chi connectivity index (χ1) is 26.5. The van der Waals surface area contributed by atoms with Crippen LogP contribution >= 0.6 is 0 Å². The van der Waals surface area contributed by atoms with E-state index in [4.69, 9.17) is 23.7 Å². The molecule has 0 aromatic carbocycles. The predicted octanol–water partition coefficient (Wildman–Crippen LogP) is 4.47. The highest BCUT2D eigenvalue weighted by Crippen LogP contribution is 2.39. The van der Waals surface area contributed by atoms with Crippen LogP contribution in [-0.4, -0.2) is 126 Å². The molecule has 0 aromatic rings. The summed E-state index contributed by atoms with van der Waals surface area (Å²) in [4.78, 5) is 57.6. The summed E-state index contributed by atoms with van der Waals surface area (Å²) in [6, 6.07) is -1.13. The second-order valence-electron chi connectivity index (χ2n) is 17.2. The van der Waals surface area contributed by atoms with Gasteiger partial charge in [-0.1, -0.05) is 45.4 Å². The van der Waals surface area contributed by atoms with Crippen LogP contribution in [0.2, 0.25) is 0 Å². The van der Waals surface area contributed by atoms with Crippen LogP contribution in [-0.2, 0) is 42.9 Å². The molecule has 318 valence electrons. The number of Topliss-reactive ketones (excluding diaryl/α,β-unsaturated/α-hetero) is 2. The minimum Gasteiger partial charge on any atom is -0.456 e. The Labute approximate surface area is 333 Å². The molecule has 0 radical (unpaired) electrons. The van der Waals surface area contributed by atoms with Gasteiger partial charge in [0, 0.05) is 52.0 Å². The van der Waals surface area contributed by atoms with E-state index in [1.54, 1.807) is 21.0 Å². The van der Waals surface area contributed by atoms with E-state index >= 15 is 0 Å². The molecule has 56 heavy (non-hydrogen) atoms. The van der Waals surface area contributed by atoms with Gasteiger partial charge >= 0.3 is 5.97 Å². The van der Waals surface area contributed by atoms with Gasteiger partial charge in [0.25, 0.3) is 11.7 Å². The van der Waals surface area contributed by atoms with Gasteiger partial charge in [0.15, 0.2) is 0 Å². The molecule has 3 N–H and O–H groups in total. The molecule has 3 aliphatic heterocycles. The monoisotopic (exact) mass is 791 g/mol. The maximum atomic E-state index is 14.3. The molecule has 13 heteroatoms. The first-order valence-electron chi connectivity index (χ1n) is 20.8. The fourth-order valence-electron chi connectivity index (χ4n) is 9.39. The van der Waals surface area contributed by atoms with Crippen molar-refractivity contribution >= 4 is 23.4 Å². The van der Waals surface area contributed by atoms with Crippen LogP contribution < -0.4 is 0 Å². The van der Waals surface area contributed by atoms with Crippen LogP contribution in [0.25, 0.3) is 0 Å². The lowest BCUT2D eigenvalue weighted by Crippen LogP contribution is -2.64. The van der Waals surface area contributed by atoms with E-state index in [2.05, 4.69) is 6.92 Å². The highest BCUT2D eigenvalue weighted by molar-refractivity contribution is 6.39.